The first kappa shape index (κ1) is 24.2. The molecule has 2 aromatic rings. The van der Waals surface area contributed by atoms with E-state index in [0.29, 0.717) is 41.6 Å². The summed E-state index contributed by atoms with van der Waals surface area (Å²) in [5.41, 5.74) is 1.77. The highest BCUT2D eigenvalue weighted by molar-refractivity contribution is 6.05. The molecule has 0 bridgehead atoms. The lowest BCUT2D eigenvalue weighted by Gasteiger charge is -2.38. The third-order valence-corrected chi connectivity index (χ3v) is 5.63. The van der Waals surface area contributed by atoms with Gasteiger partial charge >= 0.3 is 0 Å². The second kappa shape index (κ2) is 10.0. The van der Waals surface area contributed by atoms with Crippen molar-refractivity contribution >= 4 is 23.2 Å². The van der Waals surface area contributed by atoms with Crippen LogP contribution in [0.3, 0.4) is 0 Å². The van der Waals surface area contributed by atoms with Crippen LogP contribution in [-0.4, -0.2) is 64.2 Å². The fraction of sp³-hybridized carbons (Fsp3) is 0.440. The van der Waals surface area contributed by atoms with Crippen molar-refractivity contribution < 1.29 is 23.8 Å². The monoisotopic (exact) mass is 455 g/mol. The van der Waals surface area contributed by atoms with Gasteiger partial charge in [0, 0.05) is 48.5 Å². The molecule has 0 radical (unpaired) electrons. The summed E-state index contributed by atoms with van der Waals surface area (Å²) < 4.78 is 16.0. The van der Waals surface area contributed by atoms with Gasteiger partial charge in [0.15, 0.2) is 11.5 Å². The second-order valence-corrected chi connectivity index (χ2v) is 8.94. The van der Waals surface area contributed by atoms with Crippen LogP contribution < -0.4 is 24.4 Å². The number of anilines is 2. The van der Waals surface area contributed by atoms with Gasteiger partial charge in [-0.05, 0) is 36.4 Å². The molecule has 178 valence electrons. The summed E-state index contributed by atoms with van der Waals surface area (Å²) in [5, 5.41) is 2.90. The lowest BCUT2D eigenvalue weighted by atomic mass is 9.94. The number of rotatable bonds is 6. The van der Waals surface area contributed by atoms with Crippen molar-refractivity contribution in [2.75, 3.05) is 57.7 Å². The van der Waals surface area contributed by atoms with Crippen LogP contribution in [0.2, 0.25) is 0 Å². The van der Waals surface area contributed by atoms with E-state index in [2.05, 4.69) is 10.2 Å². The zero-order chi connectivity index (χ0) is 24.2. The molecular weight excluding hydrogens is 422 g/mol. The van der Waals surface area contributed by atoms with Crippen molar-refractivity contribution in [2.45, 2.75) is 20.8 Å². The largest absolute Gasteiger partial charge is 0.493 e. The molecule has 33 heavy (non-hydrogen) atoms. The Morgan fingerprint density at radius 1 is 0.848 bits per heavy atom. The van der Waals surface area contributed by atoms with Crippen molar-refractivity contribution in [3.8, 4) is 17.2 Å². The molecule has 1 fully saturated rings. The molecule has 3 rings (SSSR count). The van der Waals surface area contributed by atoms with Gasteiger partial charge in [-0.15, -0.1) is 0 Å². The van der Waals surface area contributed by atoms with E-state index in [9.17, 15) is 9.59 Å². The number of nitrogens with zero attached hydrogens (tertiary/aromatic N) is 2. The molecule has 0 aliphatic carbocycles. The van der Waals surface area contributed by atoms with Gasteiger partial charge in [0.25, 0.3) is 5.91 Å². The highest BCUT2D eigenvalue weighted by atomic mass is 16.5. The molecule has 2 amide bonds. The third-order valence-electron chi connectivity index (χ3n) is 5.63. The molecule has 1 aliphatic rings. The quantitative estimate of drug-likeness (QED) is 0.716. The highest BCUT2D eigenvalue weighted by Gasteiger charge is 2.29. The number of carbonyl (C=O) groups is 2. The normalized spacial score (nSPS) is 14.0. The molecule has 1 saturated heterocycles. The maximum Gasteiger partial charge on any atom is 0.255 e. The summed E-state index contributed by atoms with van der Waals surface area (Å²) in [7, 11) is 4.54. The second-order valence-electron chi connectivity index (χ2n) is 8.94. The first-order chi connectivity index (χ1) is 15.7. The van der Waals surface area contributed by atoms with Crippen LogP contribution in [0.1, 0.15) is 31.1 Å². The molecule has 2 aromatic carbocycles. The van der Waals surface area contributed by atoms with Crippen LogP contribution in [0.15, 0.2) is 36.4 Å². The molecule has 1 heterocycles. The van der Waals surface area contributed by atoms with Crippen molar-refractivity contribution in [3.05, 3.63) is 42.0 Å². The zero-order valence-corrected chi connectivity index (χ0v) is 20.2. The maximum absolute atomic E-state index is 12.8. The number of nitrogens with one attached hydrogen (secondary N) is 1. The first-order valence-electron chi connectivity index (χ1n) is 10.9. The number of hydrogen-bond acceptors (Lipinski definition) is 6. The van der Waals surface area contributed by atoms with Crippen molar-refractivity contribution in [3.63, 3.8) is 0 Å². The minimum absolute atomic E-state index is 0.187. The predicted molar refractivity (Wildman–Crippen MR) is 129 cm³/mol. The zero-order valence-electron chi connectivity index (χ0n) is 20.2. The molecule has 0 atom stereocenters. The Morgan fingerprint density at radius 3 is 1.85 bits per heavy atom. The number of hydrogen-bond donors (Lipinski definition) is 1. The van der Waals surface area contributed by atoms with E-state index in [4.69, 9.17) is 14.2 Å². The molecule has 0 aromatic heterocycles. The van der Waals surface area contributed by atoms with Crippen LogP contribution >= 0.6 is 0 Å². The molecule has 8 heteroatoms. The lowest BCUT2D eigenvalue weighted by Crippen LogP contribution is -2.51. The molecule has 0 spiro atoms. The van der Waals surface area contributed by atoms with Crippen LogP contribution in [0.25, 0.3) is 0 Å². The summed E-state index contributed by atoms with van der Waals surface area (Å²) >= 11 is 0. The lowest BCUT2D eigenvalue weighted by molar-refractivity contribution is -0.139. The number of amides is 2. The Balaban J connectivity index is 1.65. The van der Waals surface area contributed by atoms with Crippen molar-refractivity contribution in [1.29, 1.82) is 0 Å². The average molecular weight is 456 g/mol. The van der Waals surface area contributed by atoms with E-state index in [-0.39, 0.29) is 17.2 Å². The Morgan fingerprint density at radius 2 is 1.39 bits per heavy atom. The summed E-state index contributed by atoms with van der Waals surface area (Å²) in [6, 6.07) is 10.9. The highest BCUT2D eigenvalue weighted by Crippen LogP contribution is 2.38. The minimum Gasteiger partial charge on any atom is -0.493 e. The Hall–Kier alpha value is -3.42. The fourth-order valence-electron chi connectivity index (χ4n) is 3.81. The van der Waals surface area contributed by atoms with E-state index < -0.39 is 0 Å². The number of methoxy groups -OCH3 is 3. The summed E-state index contributed by atoms with van der Waals surface area (Å²) in [4.78, 5) is 29.5. The summed E-state index contributed by atoms with van der Waals surface area (Å²) in [5.74, 6) is 1.18. The SMILES string of the molecule is COc1cc(C(=O)Nc2ccc(N3CCN(C(=O)C(C)(C)C)CC3)cc2)cc(OC)c1OC. The number of benzene rings is 2. The summed E-state index contributed by atoms with van der Waals surface area (Å²) in [6.45, 7) is 8.82. The molecule has 0 saturated carbocycles. The smallest absolute Gasteiger partial charge is 0.255 e. The number of piperazine rings is 1. The van der Waals surface area contributed by atoms with Gasteiger partial charge in [-0.25, -0.2) is 0 Å². The van der Waals surface area contributed by atoms with Crippen LogP contribution in [0.4, 0.5) is 11.4 Å². The van der Waals surface area contributed by atoms with Crippen molar-refractivity contribution in [1.82, 2.24) is 4.90 Å². The Kier molecular flexibility index (Phi) is 7.36. The fourth-order valence-corrected chi connectivity index (χ4v) is 3.81. The first-order valence-corrected chi connectivity index (χ1v) is 10.9. The van der Waals surface area contributed by atoms with E-state index in [1.807, 2.05) is 49.9 Å². The van der Waals surface area contributed by atoms with E-state index >= 15 is 0 Å². The average Bonchev–Trinajstić information content (AvgIpc) is 2.82. The Labute approximate surface area is 195 Å². The standard InChI is InChI=1S/C25H33N3O5/c1-25(2,3)24(30)28-13-11-27(12-14-28)19-9-7-18(8-10-19)26-23(29)17-15-20(31-4)22(33-6)21(16-17)32-5/h7-10,15-16H,11-14H2,1-6H3,(H,26,29). The molecular formula is C25H33N3O5. The molecule has 8 nitrogen and oxygen atoms in total. The van der Waals surface area contributed by atoms with Gasteiger partial charge in [0.1, 0.15) is 0 Å². The third kappa shape index (κ3) is 5.50. The van der Waals surface area contributed by atoms with Gasteiger partial charge in [-0.2, -0.15) is 0 Å². The van der Waals surface area contributed by atoms with E-state index in [0.717, 1.165) is 18.8 Å². The number of carbonyl (C=O) groups excluding carboxylic acids is 2. The number of ether oxygens (including phenoxy) is 3. The van der Waals surface area contributed by atoms with E-state index in [1.54, 1.807) is 12.1 Å². The molecule has 0 unspecified atom stereocenters. The molecule has 1 N–H and O–H groups in total. The van der Waals surface area contributed by atoms with Gasteiger partial charge < -0.3 is 29.3 Å². The topological polar surface area (TPSA) is 80.3 Å². The van der Waals surface area contributed by atoms with Crippen LogP contribution in [-0.2, 0) is 4.79 Å². The van der Waals surface area contributed by atoms with Gasteiger partial charge in [0.2, 0.25) is 11.7 Å². The maximum atomic E-state index is 12.8. The van der Waals surface area contributed by atoms with Gasteiger partial charge in [0.05, 0.1) is 21.3 Å². The summed E-state index contributed by atoms with van der Waals surface area (Å²) in [6.07, 6.45) is 0. The molecule has 1 aliphatic heterocycles. The van der Waals surface area contributed by atoms with Crippen LogP contribution in [0, 0.1) is 5.41 Å². The Bertz CT molecular complexity index is 965. The van der Waals surface area contributed by atoms with Crippen LogP contribution in [0.5, 0.6) is 17.2 Å². The predicted octanol–water partition coefficient (Wildman–Crippen LogP) is 3.66. The van der Waals surface area contributed by atoms with Crippen molar-refractivity contribution in [2.24, 2.45) is 5.41 Å². The minimum atomic E-state index is -0.361. The van der Waals surface area contributed by atoms with Gasteiger partial charge in [-0.3, -0.25) is 9.59 Å². The van der Waals surface area contributed by atoms with E-state index in [1.165, 1.54) is 21.3 Å². The van der Waals surface area contributed by atoms with Gasteiger partial charge in [-0.1, -0.05) is 20.8 Å².